The number of unbranched alkanes of at least 4 members (excludes halogenated alkanes) is 13. The highest BCUT2D eigenvalue weighted by molar-refractivity contribution is 4.61. The maximum absolute atomic E-state index is 9.29. The quantitative estimate of drug-likeness (QED) is 0.134. The number of hydrogen-bond donors (Lipinski definition) is 0. The summed E-state index contributed by atoms with van der Waals surface area (Å²) < 4.78 is 0. The van der Waals surface area contributed by atoms with Gasteiger partial charge in [-0.25, -0.2) is 0 Å². The maximum atomic E-state index is 9.29. The van der Waals surface area contributed by atoms with Gasteiger partial charge in [-0.2, -0.15) is 0 Å². The first kappa shape index (κ1) is 24.2. The Morgan fingerprint density at radius 1 is 0.783 bits per heavy atom. The van der Waals surface area contributed by atoms with Crippen molar-refractivity contribution in [1.82, 2.24) is 0 Å². The van der Waals surface area contributed by atoms with Crippen molar-refractivity contribution in [1.29, 1.82) is 0 Å². The lowest BCUT2D eigenvalue weighted by Crippen LogP contribution is -1.98. The van der Waals surface area contributed by atoms with Crippen LogP contribution in [-0.2, 0) is 4.84 Å². The summed E-state index contributed by atoms with van der Waals surface area (Å²) in [6.45, 7) is 7.75. The predicted molar refractivity (Wildman–Crippen MR) is 99.1 cm³/mol. The Morgan fingerprint density at radius 2 is 1.09 bits per heavy atom. The summed E-state index contributed by atoms with van der Waals surface area (Å²) in [7, 11) is 0. The second-order valence-electron chi connectivity index (χ2n) is 6.05. The minimum atomic E-state index is -0.859. The molecule has 0 aliphatic heterocycles. The van der Waals surface area contributed by atoms with E-state index in [1.807, 2.05) is 0 Å². The summed E-state index contributed by atoms with van der Waals surface area (Å²) in [5.41, 5.74) is 0. The minimum Gasteiger partial charge on any atom is -0.310 e. The SMILES string of the molecule is C=CCO[N+](=O)[O-].CCCCCCCCCCCCCCCC. The van der Waals surface area contributed by atoms with Crippen LogP contribution in [0.2, 0.25) is 0 Å². The molecular weight excluding hydrogens is 290 g/mol. The molecular formula is C19H39NO3. The van der Waals surface area contributed by atoms with Gasteiger partial charge in [0.2, 0.25) is 0 Å². The van der Waals surface area contributed by atoms with Gasteiger partial charge in [0.05, 0.1) is 0 Å². The van der Waals surface area contributed by atoms with E-state index in [0.29, 0.717) is 0 Å². The third-order valence-electron chi connectivity index (χ3n) is 3.75. The normalized spacial score (nSPS) is 9.83. The van der Waals surface area contributed by atoms with Gasteiger partial charge in [0.15, 0.2) is 0 Å². The molecule has 138 valence electrons. The first-order valence-electron chi connectivity index (χ1n) is 9.57. The van der Waals surface area contributed by atoms with Crippen LogP contribution < -0.4 is 0 Å². The molecule has 0 bridgehead atoms. The summed E-state index contributed by atoms with van der Waals surface area (Å²) in [4.78, 5) is 13.1. The zero-order valence-electron chi connectivity index (χ0n) is 15.6. The van der Waals surface area contributed by atoms with Crippen LogP contribution in [0.3, 0.4) is 0 Å². The Labute approximate surface area is 143 Å². The molecule has 23 heavy (non-hydrogen) atoms. The van der Waals surface area contributed by atoms with Crippen LogP contribution in [0, 0.1) is 10.1 Å². The molecule has 0 amide bonds. The molecule has 0 saturated carbocycles. The van der Waals surface area contributed by atoms with Crippen LogP contribution in [0.1, 0.15) is 104 Å². The molecule has 0 spiro atoms. The average molecular weight is 330 g/mol. The Bertz CT molecular complexity index is 231. The first-order valence-corrected chi connectivity index (χ1v) is 9.57. The van der Waals surface area contributed by atoms with E-state index in [0.717, 1.165) is 0 Å². The van der Waals surface area contributed by atoms with Gasteiger partial charge in [0.25, 0.3) is 5.09 Å². The fourth-order valence-corrected chi connectivity index (χ4v) is 2.38. The van der Waals surface area contributed by atoms with Gasteiger partial charge in [-0.3, -0.25) is 0 Å². The van der Waals surface area contributed by atoms with Crippen molar-refractivity contribution in [2.24, 2.45) is 0 Å². The summed E-state index contributed by atoms with van der Waals surface area (Å²) in [6.07, 6.45) is 21.7. The van der Waals surface area contributed by atoms with Crippen molar-refractivity contribution in [3.8, 4) is 0 Å². The van der Waals surface area contributed by atoms with Crippen LogP contribution >= 0.6 is 0 Å². The highest BCUT2D eigenvalue weighted by Crippen LogP contribution is 2.12. The molecule has 0 N–H and O–H groups in total. The highest BCUT2D eigenvalue weighted by Gasteiger charge is 1.92. The molecule has 0 atom stereocenters. The molecule has 0 aromatic carbocycles. The van der Waals surface area contributed by atoms with Gasteiger partial charge in [-0.1, -0.05) is 110 Å². The number of hydrogen-bond acceptors (Lipinski definition) is 3. The minimum absolute atomic E-state index is 0.0347. The fourth-order valence-electron chi connectivity index (χ4n) is 2.38. The molecule has 0 unspecified atom stereocenters. The van der Waals surface area contributed by atoms with Crippen molar-refractivity contribution >= 4 is 0 Å². The van der Waals surface area contributed by atoms with E-state index in [4.69, 9.17) is 0 Å². The molecule has 0 rings (SSSR count). The summed E-state index contributed by atoms with van der Waals surface area (Å²) in [6, 6.07) is 0. The summed E-state index contributed by atoms with van der Waals surface area (Å²) >= 11 is 0. The smallest absolute Gasteiger partial charge is 0.294 e. The predicted octanol–water partition coefficient (Wildman–Crippen LogP) is 6.87. The fraction of sp³-hybridized carbons (Fsp3) is 0.895. The molecule has 0 aliphatic carbocycles. The van der Waals surface area contributed by atoms with Crippen molar-refractivity contribution in [3.63, 3.8) is 0 Å². The zero-order chi connectivity index (χ0) is 17.6. The van der Waals surface area contributed by atoms with Crippen LogP contribution in [0.25, 0.3) is 0 Å². The van der Waals surface area contributed by atoms with Crippen molar-refractivity contribution in [3.05, 3.63) is 22.8 Å². The van der Waals surface area contributed by atoms with Gasteiger partial charge in [0.1, 0.15) is 6.61 Å². The van der Waals surface area contributed by atoms with Crippen LogP contribution in [-0.4, -0.2) is 11.7 Å². The molecule has 0 aliphatic rings. The van der Waals surface area contributed by atoms with E-state index in [9.17, 15) is 10.1 Å². The highest BCUT2D eigenvalue weighted by atomic mass is 16.9. The second-order valence-corrected chi connectivity index (χ2v) is 6.05. The van der Waals surface area contributed by atoms with E-state index in [1.54, 1.807) is 0 Å². The van der Waals surface area contributed by atoms with Gasteiger partial charge < -0.3 is 4.84 Å². The third-order valence-corrected chi connectivity index (χ3v) is 3.75. The van der Waals surface area contributed by atoms with Gasteiger partial charge in [0, 0.05) is 0 Å². The standard InChI is InChI=1S/C16H34.C3H5NO3/c1-3-5-7-9-11-13-15-16-14-12-10-8-6-4-2;1-2-3-7-4(5)6/h3-16H2,1-2H3;2H,1,3H2. The topological polar surface area (TPSA) is 52.4 Å². The lowest BCUT2D eigenvalue weighted by Gasteiger charge is -2.02. The summed E-state index contributed by atoms with van der Waals surface area (Å²) in [5.74, 6) is 0. The second kappa shape index (κ2) is 23.2. The van der Waals surface area contributed by atoms with Crippen LogP contribution in [0.4, 0.5) is 0 Å². The maximum Gasteiger partial charge on any atom is 0.294 e. The number of nitrogens with zero attached hydrogens (tertiary/aromatic N) is 1. The van der Waals surface area contributed by atoms with Crippen LogP contribution in [0.15, 0.2) is 12.7 Å². The lowest BCUT2D eigenvalue weighted by molar-refractivity contribution is -0.755. The Hall–Kier alpha value is -1.06. The van der Waals surface area contributed by atoms with E-state index in [2.05, 4.69) is 25.3 Å². The monoisotopic (exact) mass is 329 g/mol. The molecule has 0 aromatic heterocycles. The van der Waals surface area contributed by atoms with E-state index >= 15 is 0 Å². The Morgan fingerprint density at radius 3 is 1.26 bits per heavy atom. The van der Waals surface area contributed by atoms with Crippen molar-refractivity contribution < 1.29 is 9.92 Å². The van der Waals surface area contributed by atoms with Gasteiger partial charge in [-0.15, -0.1) is 16.7 Å². The lowest BCUT2D eigenvalue weighted by atomic mass is 10.0. The van der Waals surface area contributed by atoms with Crippen LogP contribution in [0.5, 0.6) is 0 Å². The molecule has 0 radical (unpaired) electrons. The number of rotatable bonds is 16. The Kier molecular flexibility index (Phi) is 24.4. The molecule has 4 nitrogen and oxygen atoms in total. The first-order chi connectivity index (χ1) is 11.2. The van der Waals surface area contributed by atoms with Crippen molar-refractivity contribution in [2.45, 2.75) is 104 Å². The largest absolute Gasteiger partial charge is 0.310 e. The van der Waals surface area contributed by atoms with Gasteiger partial charge in [-0.05, 0) is 0 Å². The molecule has 4 heteroatoms. The molecule has 0 saturated heterocycles. The van der Waals surface area contributed by atoms with E-state index < -0.39 is 5.09 Å². The third kappa shape index (κ3) is 29.6. The average Bonchev–Trinajstić information content (AvgIpc) is 2.54. The molecule has 0 aromatic rings. The van der Waals surface area contributed by atoms with Crippen molar-refractivity contribution in [2.75, 3.05) is 6.61 Å². The Balaban J connectivity index is 0. The van der Waals surface area contributed by atoms with Gasteiger partial charge >= 0.3 is 0 Å². The molecule has 0 heterocycles. The zero-order valence-corrected chi connectivity index (χ0v) is 15.6. The summed E-state index contributed by atoms with van der Waals surface area (Å²) in [5, 5.41) is 8.43. The molecule has 0 fully saturated rings. The van der Waals surface area contributed by atoms with E-state index in [1.165, 1.54) is 96.0 Å². The van der Waals surface area contributed by atoms with E-state index in [-0.39, 0.29) is 6.61 Å².